The summed E-state index contributed by atoms with van der Waals surface area (Å²) >= 11 is 1.87. The van der Waals surface area contributed by atoms with Crippen molar-refractivity contribution < 1.29 is 4.79 Å². The fourth-order valence-electron chi connectivity index (χ4n) is 2.64. The molecule has 1 aliphatic carbocycles. The third-order valence-corrected chi connectivity index (χ3v) is 4.55. The highest BCUT2D eigenvalue weighted by molar-refractivity contribution is 7.98. The Morgan fingerprint density at radius 3 is 2.76 bits per heavy atom. The number of Topliss-reactive ketones (excluding diaryl/α,β-unsaturated/α-hetero) is 1. The van der Waals surface area contributed by atoms with Gasteiger partial charge in [-0.25, -0.2) is 0 Å². The Kier molecular flexibility index (Phi) is 6.57. The van der Waals surface area contributed by atoms with Crippen LogP contribution in [0.3, 0.4) is 0 Å². The summed E-state index contributed by atoms with van der Waals surface area (Å²) in [6, 6.07) is 0. The maximum absolute atomic E-state index is 11.9. The molecule has 3 heteroatoms. The summed E-state index contributed by atoms with van der Waals surface area (Å²) in [7, 11) is 2.14. The van der Waals surface area contributed by atoms with Crippen LogP contribution >= 0.6 is 11.8 Å². The molecule has 0 bridgehead atoms. The predicted molar refractivity (Wildman–Crippen MR) is 76.6 cm³/mol. The molecule has 1 rings (SSSR count). The molecule has 0 aromatic rings. The van der Waals surface area contributed by atoms with Crippen molar-refractivity contribution in [1.29, 1.82) is 0 Å². The Bertz CT molecular complexity index is 242. The van der Waals surface area contributed by atoms with Gasteiger partial charge >= 0.3 is 0 Å². The number of thioether (sulfide) groups is 1. The molecule has 0 saturated heterocycles. The molecule has 0 aliphatic heterocycles. The Hall–Kier alpha value is -0.0200. The summed E-state index contributed by atoms with van der Waals surface area (Å²) in [5, 5.41) is 0. The lowest BCUT2D eigenvalue weighted by molar-refractivity contribution is -0.126. The van der Waals surface area contributed by atoms with Crippen LogP contribution in [0, 0.1) is 17.8 Å². The number of rotatable bonds is 6. The van der Waals surface area contributed by atoms with Gasteiger partial charge in [-0.15, -0.1) is 0 Å². The van der Waals surface area contributed by atoms with E-state index in [0.717, 1.165) is 49.9 Å². The highest BCUT2D eigenvalue weighted by atomic mass is 32.2. The summed E-state index contributed by atoms with van der Waals surface area (Å²) in [6.07, 6.45) is 5.17. The van der Waals surface area contributed by atoms with Crippen molar-refractivity contribution in [3.8, 4) is 0 Å². The van der Waals surface area contributed by atoms with Crippen LogP contribution in [0.15, 0.2) is 0 Å². The van der Waals surface area contributed by atoms with E-state index in [1.807, 2.05) is 11.8 Å². The summed E-state index contributed by atoms with van der Waals surface area (Å²) in [5.41, 5.74) is 0. The molecular formula is C14H27NOS. The van der Waals surface area contributed by atoms with Gasteiger partial charge in [0.2, 0.25) is 0 Å². The van der Waals surface area contributed by atoms with Gasteiger partial charge in [-0.3, -0.25) is 4.79 Å². The first-order valence-corrected chi connectivity index (χ1v) is 8.14. The Morgan fingerprint density at radius 1 is 1.47 bits per heavy atom. The molecule has 0 aromatic carbocycles. The van der Waals surface area contributed by atoms with Gasteiger partial charge in [0.05, 0.1) is 0 Å². The first-order valence-electron chi connectivity index (χ1n) is 6.74. The first kappa shape index (κ1) is 15.0. The van der Waals surface area contributed by atoms with Crippen LogP contribution < -0.4 is 0 Å². The van der Waals surface area contributed by atoms with E-state index in [-0.39, 0.29) is 0 Å². The van der Waals surface area contributed by atoms with Crippen molar-refractivity contribution in [3.05, 3.63) is 0 Å². The zero-order valence-corrected chi connectivity index (χ0v) is 12.6. The van der Waals surface area contributed by atoms with Crippen molar-refractivity contribution in [2.45, 2.75) is 33.1 Å². The topological polar surface area (TPSA) is 20.3 Å². The minimum absolute atomic E-state index is 0.294. The molecular weight excluding hydrogens is 230 g/mol. The fraction of sp³-hybridized carbons (Fsp3) is 0.929. The molecule has 17 heavy (non-hydrogen) atoms. The van der Waals surface area contributed by atoms with Crippen LogP contribution in [0.1, 0.15) is 33.1 Å². The maximum Gasteiger partial charge on any atom is 0.137 e. The summed E-state index contributed by atoms with van der Waals surface area (Å²) in [5.74, 6) is 3.43. The van der Waals surface area contributed by atoms with E-state index in [2.05, 4.69) is 32.1 Å². The average Bonchev–Trinajstić information content (AvgIpc) is 2.29. The SMILES string of the molecule is CSCCN(C)CC1CC(C(C)C)CCC1=O. The van der Waals surface area contributed by atoms with E-state index in [1.165, 1.54) is 0 Å². The minimum atomic E-state index is 0.294. The van der Waals surface area contributed by atoms with Crippen molar-refractivity contribution in [2.24, 2.45) is 17.8 Å². The summed E-state index contributed by atoms with van der Waals surface area (Å²) in [4.78, 5) is 14.3. The number of hydrogen-bond donors (Lipinski definition) is 0. The number of nitrogens with zero attached hydrogens (tertiary/aromatic N) is 1. The van der Waals surface area contributed by atoms with Crippen molar-refractivity contribution in [3.63, 3.8) is 0 Å². The predicted octanol–water partition coefficient (Wildman–Crippen LogP) is 2.92. The van der Waals surface area contributed by atoms with Crippen LogP contribution in [0.25, 0.3) is 0 Å². The number of carbonyl (C=O) groups excluding carboxylic acids is 1. The van der Waals surface area contributed by atoms with Crippen LogP contribution in [0.4, 0.5) is 0 Å². The zero-order chi connectivity index (χ0) is 12.8. The van der Waals surface area contributed by atoms with Crippen molar-refractivity contribution in [2.75, 3.05) is 32.1 Å². The van der Waals surface area contributed by atoms with E-state index >= 15 is 0 Å². The molecule has 2 unspecified atom stereocenters. The normalized spacial score (nSPS) is 25.9. The van der Waals surface area contributed by atoms with Crippen molar-refractivity contribution in [1.82, 2.24) is 4.90 Å². The van der Waals surface area contributed by atoms with Crippen LogP contribution in [0.2, 0.25) is 0 Å². The molecule has 100 valence electrons. The molecule has 0 heterocycles. The van der Waals surface area contributed by atoms with E-state index in [1.54, 1.807) is 0 Å². The molecule has 0 N–H and O–H groups in total. The fourth-order valence-corrected chi connectivity index (χ4v) is 3.14. The van der Waals surface area contributed by atoms with Gasteiger partial charge in [-0.05, 0) is 38.0 Å². The van der Waals surface area contributed by atoms with Crippen LogP contribution in [-0.2, 0) is 4.79 Å². The average molecular weight is 257 g/mol. The van der Waals surface area contributed by atoms with Gasteiger partial charge in [0.15, 0.2) is 0 Å². The third-order valence-electron chi connectivity index (χ3n) is 3.96. The van der Waals surface area contributed by atoms with Crippen LogP contribution in [-0.4, -0.2) is 42.8 Å². The zero-order valence-electron chi connectivity index (χ0n) is 11.7. The standard InChI is InChI=1S/C14H27NOS/c1-11(2)12-5-6-14(16)13(9-12)10-15(3)7-8-17-4/h11-13H,5-10H2,1-4H3. The second-order valence-corrected chi connectivity index (χ2v) is 6.68. The van der Waals surface area contributed by atoms with E-state index in [9.17, 15) is 4.79 Å². The highest BCUT2D eigenvalue weighted by Crippen LogP contribution is 2.31. The van der Waals surface area contributed by atoms with Gasteiger partial charge in [0.1, 0.15) is 5.78 Å². The summed E-state index contributed by atoms with van der Waals surface area (Å²) in [6.45, 7) is 6.63. The molecule has 0 spiro atoms. The molecule has 1 saturated carbocycles. The third kappa shape index (κ3) is 5.01. The Labute approximate surface area is 111 Å². The minimum Gasteiger partial charge on any atom is -0.305 e. The lowest BCUT2D eigenvalue weighted by Crippen LogP contribution is -2.36. The lowest BCUT2D eigenvalue weighted by atomic mass is 9.75. The van der Waals surface area contributed by atoms with E-state index < -0.39 is 0 Å². The molecule has 2 atom stereocenters. The lowest BCUT2D eigenvalue weighted by Gasteiger charge is -2.32. The van der Waals surface area contributed by atoms with Gasteiger partial charge in [-0.1, -0.05) is 13.8 Å². The van der Waals surface area contributed by atoms with Gasteiger partial charge < -0.3 is 4.90 Å². The Morgan fingerprint density at radius 2 is 2.18 bits per heavy atom. The molecule has 0 radical (unpaired) electrons. The van der Waals surface area contributed by atoms with Crippen molar-refractivity contribution >= 4 is 17.5 Å². The number of hydrogen-bond acceptors (Lipinski definition) is 3. The number of ketones is 1. The van der Waals surface area contributed by atoms with E-state index in [4.69, 9.17) is 0 Å². The van der Waals surface area contributed by atoms with E-state index in [0.29, 0.717) is 11.7 Å². The second kappa shape index (κ2) is 7.42. The molecule has 0 amide bonds. The summed E-state index contributed by atoms with van der Waals surface area (Å²) < 4.78 is 0. The molecule has 1 aliphatic rings. The second-order valence-electron chi connectivity index (χ2n) is 5.70. The largest absolute Gasteiger partial charge is 0.305 e. The molecule has 1 fully saturated rings. The van der Waals surface area contributed by atoms with Gasteiger partial charge in [0, 0.05) is 31.2 Å². The smallest absolute Gasteiger partial charge is 0.137 e. The number of carbonyl (C=O) groups is 1. The Balaban J connectivity index is 2.41. The van der Waals surface area contributed by atoms with Gasteiger partial charge in [0.25, 0.3) is 0 Å². The quantitative estimate of drug-likeness (QED) is 0.730. The molecule has 2 nitrogen and oxygen atoms in total. The maximum atomic E-state index is 11.9. The monoisotopic (exact) mass is 257 g/mol. The first-order chi connectivity index (χ1) is 8.04. The molecule has 0 aromatic heterocycles. The highest BCUT2D eigenvalue weighted by Gasteiger charge is 2.30. The van der Waals surface area contributed by atoms with Gasteiger partial charge in [-0.2, -0.15) is 11.8 Å². The van der Waals surface area contributed by atoms with Crippen LogP contribution in [0.5, 0.6) is 0 Å².